The van der Waals surface area contributed by atoms with Crippen LogP contribution >= 0.6 is 11.3 Å². The van der Waals surface area contributed by atoms with Gasteiger partial charge in [0, 0.05) is 28.8 Å². The van der Waals surface area contributed by atoms with E-state index in [0.717, 1.165) is 39.1 Å². The van der Waals surface area contributed by atoms with Gasteiger partial charge in [0.25, 0.3) is 5.91 Å². The quantitative estimate of drug-likeness (QED) is 0.744. The third kappa shape index (κ3) is 2.30. The molecule has 0 aliphatic carbocycles. The average Bonchev–Trinajstić information content (AvgIpc) is 3.05. The lowest BCUT2D eigenvalue weighted by atomic mass is 10.1. The molecular weight excluding hydrogens is 310 g/mol. The molecule has 23 heavy (non-hydrogen) atoms. The molecule has 0 fully saturated rings. The highest BCUT2D eigenvalue weighted by molar-refractivity contribution is 7.15. The zero-order chi connectivity index (χ0) is 16.1. The van der Waals surface area contributed by atoms with Crippen molar-refractivity contribution in [2.24, 2.45) is 0 Å². The Hall–Kier alpha value is -2.34. The van der Waals surface area contributed by atoms with Gasteiger partial charge in [-0.3, -0.25) is 4.79 Å². The van der Waals surface area contributed by atoms with Gasteiger partial charge in [-0.1, -0.05) is 12.1 Å². The van der Waals surface area contributed by atoms with Crippen LogP contribution in [-0.4, -0.2) is 22.3 Å². The van der Waals surface area contributed by atoms with Gasteiger partial charge in [0.05, 0.1) is 12.2 Å². The third-order valence-electron chi connectivity index (χ3n) is 4.32. The third-order valence-corrected chi connectivity index (χ3v) is 5.23. The number of hydrogen-bond donors (Lipinski definition) is 1. The van der Waals surface area contributed by atoms with Crippen molar-refractivity contribution in [3.8, 4) is 0 Å². The number of carbonyl (C=O) groups excluding carboxylic acids is 1. The SMILES string of the molecule is Cc1ccc2c(C)c(C(=O)N3CCc4nc(N)sc4C3)oc2c1. The van der Waals surface area contributed by atoms with Crippen molar-refractivity contribution in [2.45, 2.75) is 26.8 Å². The number of furan rings is 1. The number of fused-ring (bicyclic) bond motifs is 2. The fourth-order valence-electron chi connectivity index (χ4n) is 3.07. The van der Waals surface area contributed by atoms with E-state index in [-0.39, 0.29) is 5.91 Å². The molecule has 3 aromatic rings. The van der Waals surface area contributed by atoms with Gasteiger partial charge in [0.15, 0.2) is 10.9 Å². The predicted molar refractivity (Wildman–Crippen MR) is 90.7 cm³/mol. The number of aromatic nitrogens is 1. The van der Waals surface area contributed by atoms with E-state index in [0.29, 0.717) is 24.0 Å². The monoisotopic (exact) mass is 327 g/mol. The number of nitrogens with zero attached hydrogens (tertiary/aromatic N) is 2. The molecule has 0 saturated carbocycles. The second-order valence-electron chi connectivity index (χ2n) is 5.95. The van der Waals surface area contributed by atoms with E-state index in [2.05, 4.69) is 4.98 Å². The normalized spacial score (nSPS) is 14.3. The fraction of sp³-hybridized carbons (Fsp3) is 0.294. The zero-order valence-electron chi connectivity index (χ0n) is 13.0. The number of aryl methyl sites for hydroxylation is 2. The van der Waals surface area contributed by atoms with Crippen molar-refractivity contribution in [1.82, 2.24) is 9.88 Å². The Morgan fingerprint density at radius 2 is 2.22 bits per heavy atom. The van der Waals surface area contributed by atoms with Crippen LogP contribution in [0, 0.1) is 13.8 Å². The summed E-state index contributed by atoms with van der Waals surface area (Å²) >= 11 is 1.46. The molecule has 1 aromatic carbocycles. The summed E-state index contributed by atoms with van der Waals surface area (Å²) in [7, 11) is 0. The molecule has 0 radical (unpaired) electrons. The van der Waals surface area contributed by atoms with Crippen LogP contribution in [0.15, 0.2) is 22.6 Å². The van der Waals surface area contributed by atoms with E-state index in [1.807, 2.05) is 36.9 Å². The summed E-state index contributed by atoms with van der Waals surface area (Å²) in [5.41, 5.74) is 9.58. The zero-order valence-corrected chi connectivity index (χ0v) is 13.9. The van der Waals surface area contributed by atoms with Gasteiger partial charge in [-0.2, -0.15) is 0 Å². The van der Waals surface area contributed by atoms with Crippen LogP contribution in [0.4, 0.5) is 5.13 Å². The average molecular weight is 327 g/mol. The minimum atomic E-state index is -0.0611. The minimum Gasteiger partial charge on any atom is -0.451 e. The van der Waals surface area contributed by atoms with Gasteiger partial charge in [0.1, 0.15) is 5.58 Å². The highest BCUT2D eigenvalue weighted by Crippen LogP contribution is 2.30. The van der Waals surface area contributed by atoms with Crippen LogP contribution in [-0.2, 0) is 13.0 Å². The molecule has 0 atom stereocenters. The predicted octanol–water partition coefficient (Wildman–Crippen LogP) is 3.29. The second-order valence-corrected chi connectivity index (χ2v) is 7.07. The summed E-state index contributed by atoms with van der Waals surface area (Å²) in [4.78, 5) is 20.1. The van der Waals surface area contributed by atoms with E-state index in [9.17, 15) is 4.79 Å². The van der Waals surface area contributed by atoms with Crippen LogP contribution in [0.25, 0.3) is 11.0 Å². The Kier molecular flexibility index (Phi) is 3.16. The molecule has 1 amide bonds. The van der Waals surface area contributed by atoms with Gasteiger partial charge in [-0.15, -0.1) is 11.3 Å². The first-order valence-corrected chi connectivity index (χ1v) is 8.37. The molecule has 0 spiro atoms. The van der Waals surface area contributed by atoms with Crippen molar-refractivity contribution < 1.29 is 9.21 Å². The van der Waals surface area contributed by atoms with E-state index in [4.69, 9.17) is 10.2 Å². The number of anilines is 1. The Morgan fingerprint density at radius 3 is 3.04 bits per heavy atom. The van der Waals surface area contributed by atoms with Crippen LogP contribution < -0.4 is 5.73 Å². The molecule has 0 saturated heterocycles. The highest BCUT2D eigenvalue weighted by Gasteiger charge is 2.28. The number of nitrogen functional groups attached to an aromatic ring is 1. The van der Waals surface area contributed by atoms with Crippen molar-refractivity contribution in [2.75, 3.05) is 12.3 Å². The van der Waals surface area contributed by atoms with Gasteiger partial charge in [-0.25, -0.2) is 4.98 Å². The van der Waals surface area contributed by atoms with Gasteiger partial charge in [0.2, 0.25) is 0 Å². The molecular formula is C17H17N3O2S. The van der Waals surface area contributed by atoms with Crippen LogP contribution in [0.5, 0.6) is 0 Å². The van der Waals surface area contributed by atoms with Gasteiger partial charge >= 0.3 is 0 Å². The Labute approximate surface area is 137 Å². The molecule has 3 heterocycles. The van der Waals surface area contributed by atoms with E-state index in [1.165, 1.54) is 11.3 Å². The molecule has 0 unspecified atom stereocenters. The number of rotatable bonds is 1. The topological polar surface area (TPSA) is 72.4 Å². The largest absolute Gasteiger partial charge is 0.451 e. The molecule has 6 heteroatoms. The van der Waals surface area contributed by atoms with Crippen LogP contribution in [0.1, 0.15) is 32.3 Å². The lowest BCUT2D eigenvalue weighted by molar-refractivity contribution is 0.0705. The molecule has 4 rings (SSSR count). The minimum absolute atomic E-state index is 0.0611. The Bertz CT molecular complexity index is 925. The summed E-state index contributed by atoms with van der Waals surface area (Å²) in [6, 6.07) is 6.02. The van der Waals surface area contributed by atoms with Gasteiger partial charge < -0.3 is 15.1 Å². The first-order valence-electron chi connectivity index (χ1n) is 7.56. The molecule has 118 valence electrons. The number of amides is 1. The molecule has 5 nitrogen and oxygen atoms in total. The summed E-state index contributed by atoms with van der Waals surface area (Å²) in [6.07, 6.45) is 0.743. The van der Waals surface area contributed by atoms with Crippen LogP contribution in [0.2, 0.25) is 0 Å². The lowest BCUT2D eigenvalue weighted by Gasteiger charge is -2.25. The van der Waals surface area contributed by atoms with Crippen molar-refractivity contribution in [3.05, 3.63) is 45.7 Å². The smallest absolute Gasteiger partial charge is 0.290 e. The van der Waals surface area contributed by atoms with Crippen molar-refractivity contribution in [3.63, 3.8) is 0 Å². The summed E-state index contributed by atoms with van der Waals surface area (Å²) < 4.78 is 5.86. The van der Waals surface area contributed by atoms with Gasteiger partial charge in [-0.05, 0) is 25.5 Å². The number of benzene rings is 1. The standard InChI is InChI=1S/C17H17N3O2S/c1-9-3-4-11-10(2)15(22-13(11)7-9)16(21)20-6-5-12-14(8-20)23-17(18)19-12/h3-4,7H,5-6,8H2,1-2H3,(H2,18,19). The van der Waals surface area contributed by atoms with Crippen molar-refractivity contribution in [1.29, 1.82) is 0 Å². The lowest BCUT2D eigenvalue weighted by Crippen LogP contribution is -2.35. The van der Waals surface area contributed by atoms with E-state index in [1.54, 1.807) is 0 Å². The van der Waals surface area contributed by atoms with Crippen LogP contribution in [0.3, 0.4) is 0 Å². The number of carbonyl (C=O) groups is 1. The number of nitrogens with two attached hydrogens (primary N) is 1. The Morgan fingerprint density at radius 1 is 1.39 bits per heavy atom. The van der Waals surface area contributed by atoms with E-state index < -0.39 is 0 Å². The maximum absolute atomic E-state index is 12.9. The maximum atomic E-state index is 12.9. The van der Waals surface area contributed by atoms with E-state index >= 15 is 0 Å². The number of hydrogen-bond acceptors (Lipinski definition) is 5. The summed E-state index contributed by atoms with van der Waals surface area (Å²) in [6.45, 7) is 5.15. The highest BCUT2D eigenvalue weighted by atomic mass is 32.1. The Balaban J connectivity index is 1.68. The first kappa shape index (κ1) is 14.3. The summed E-state index contributed by atoms with van der Waals surface area (Å²) in [5, 5.41) is 1.57. The fourth-order valence-corrected chi connectivity index (χ4v) is 3.96. The molecule has 0 bridgehead atoms. The number of thiazole rings is 1. The summed E-state index contributed by atoms with van der Waals surface area (Å²) in [5.74, 6) is 0.375. The second kappa shape index (κ2) is 5.09. The molecule has 1 aliphatic heterocycles. The van der Waals surface area contributed by atoms with Crippen molar-refractivity contribution >= 4 is 33.3 Å². The molecule has 2 N–H and O–H groups in total. The first-order chi connectivity index (χ1) is 11.0. The molecule has 1 aliphatic rings. The maximum Gasteiger partial charge on any atom is 0.290 e. The molecule has 2 aromatic heterocycles.